The van der Waals surface area contributed by atoms with E-state index >= 15 is 0 Å². The van der Waals surface area contributed by atoms with E-state index in [0.717, 1.165) is 26.1 Å². The number of rotatable bonds is 3. The highest BCUT2D eigenvalue weighted by molar-refractivity contribution is 5.68. The first-order valence-electron chi connectivity index (χ1n) is 8.41. The van der Waals surface area contributed by atoms with Gasteiger partial charge in [0.1, 0.15) is 5.60 Å². The Kier molecular flexibility index (Phi) is 5.35. The van der Waals surface area contributed by atoms with Crippen LogP contribution in [0.5, 0.6) is 0 Å². The Bertz CT molecular complexity index is 520. The van der Waals surface area contributed by atoms with E-state index in [1.54, 1.807) is 0 Å². The van der Waals surface area contributed by atoms with Crippen LogP contribution in [-0.4, -0.2) is 35.7 Å². The minimum Gasteiger partial charge on any atom is -0.444 e. The lowest BCUT2D eigenvalue weighted by Crippen LogP contribution is -2.56. The van der Waals surface area contributed by atoms with E-state index in [1.165, 1.54) is 5.56 Å². The highest BCUT2D eigenvalue weighted by atomic mass is 16.6. The van der Waals surface area contributed by atoms with Crippen molar-refractivity contribution >= 4 is 6.09 Å². The molecular weight excluding hydrogens is 288 g/mol. The van der Waals surface area contributed by atoms with Crippen molar-refractivity contribution in [3.8, 4) is 0 Å². The lowest BCUT2D eigenvalue weighted by molar-refractivity contribution is 0.0312. The van der Waals surface area contributed by atoms with Crippen LogP contribution in [0.15, 0.2) is 30.3 Å². The summed E-state index contributed by atoms with van der Waals surface area (Å²) in [5.74, 6) is 0. The zero-order valence-corrected chi connectivity index (χ0v) is 15.1. The van der Waals surface area contributed by atoms with Crippen molar-refractivity contribution in [3.05, 3.63) is 35.9 Å². The van der Waals surface area contributed by atoms with Gasteiger partial charge in [-0.25, -0.2) is 4.79 Å². The molecule has 1 N–H and O–H groups in total. The summed E-state index contributed by atoms with van der Waals surface area (Å²) >= 11 is 0. The topological polar surface area (TPSA) is 41.6 Å². The molecule has 1 aromatic carbocycles. The van der Waals surface area contributed by atoms with Crippen molar-refractivity contribution < 1.29 is 9.53 Å². The molecule has 0 saturated carbocycles. The predicted molar refractivity (Wildman–Crippen MR) is 93.3 cm³/mol. The number of benzene rings is 1. The largest absolute Gasteiger partial charge is 0.444 e. The van der Waals surface area contributed by atoms with Gasteiger partial charge in [-0.05, 0) is 38.2 Å². The molecule has 2 rings (SSSR count). The maximum atomic E-state index is 12.0. The van der Waals surface area contributed by atoms with E-state index in [-0.39, 0.29) is 17.6 Å². The van der Waals surface area contributed by atoms with E-state index in [1.807, 2.05) is 26.8 Å². The predicted octanol–water partition coefficient (Wildman–Crippen LogP) is 3.81. The molecule has 4 heteroatoms. The SMILES string of the molecule is CC(C)(C)OC(=O)N[C@@H]1CCN(Cc2ccccc2)CC1(C)C. The van der Waals surface area contributed by atoms with E-state index in [4.69, 9.17) is 4.74 Å². The average Bonchev–Trinajstić information content (AvgIpc) is 2.40. The van der Waals surface area contributed by atoms with Gasteiger partial charge < -0.3 is 10.1 Å². The highest BCUT2D eigenvalue weighted by Crippen LogP contribution is 2.30. The number of ether oxygens (including phenoxy) is 1. The van der Waals surface area contributed by atoms with Crippen LogP contribution in [0, 0.1) is 5.41 Å². The van der Waals surface area contributed by atoms with Gasteiger partial charge >= 0.3 is 6.09 Å². The van der Waals surface area contributed by atoms with Crippen LogP contribution in [0.3, 0.4) is 0 Å². The molecule has 0 aliphatic carbocycles. The molecule has 4 nitrogen and oxygen atoms in total. The normalized spacial score (nSPS) is 21.7. The molecule has 1 heterocycles. The van der Waals surface area contributed by atoms with Crippen LogP contribution in [-0.2, 0) is 11.3 Å². The van der Waals surface area contributed by atoms with E-state index < -0.39 is 5.60 Å². The summed E-state index contributed by atoms with van der Waals surface area (Å²) in [6, 6.07) is 10.7. The summed E-state index contributed by atoms with van der Waals surface area (Å²) in [7, 11) is 0. The standard InChI is InChI=1S/C19H30N2O2/c1-18(2,3)23-17(22)20-16-11-12-21(14-19(16,4)5)13-15-9-7-6-8-10-15/h6-10,16H,11-14H2,1-5H3,(H,20,22)/t16-/m1/s1. The monoisotopic (exact) mass is 318 g/mol. The smallest absolute Gasteiger partial charge is 0.407 e. The van der Waals surface area contributed by atoms with Gasteiger partial charge in [0.25, 0.3) is 0 Å². The van der Waals surface area contributed by atoms with Crippen molar-refractivity contribution in [2.75, 3.05) is 13.1 Å². The number of likely N-dealkylation sites (tertiary alicyclic amines) is 1. The van der Waals surface area contributed by atoms with Gasteiger partial charge in [-0.3, -0.25) is 4.90 Å². The quantitative estimate of drug-likeness (QED) is 0.921. The first-order chi connectivity index (χ1) is 10.7. The molecule has 0 spiro atoms. The average molecular weight is 318 g/mol. The maximum absolute atomic E-state index is 12.0. The minimum absolute atomic E-state index is 0.0178. The molecule has 1 aromatic rings. The fourth-order valence-corrected chi connectivity index (χ4v) is 3.16. The number of hydrogen-bond donors (Lipinski definition) is 1. The molecule has 1 saturated heterocycles. The van der Waals surface area contributed by atoms with E-state index in [2.05, 4.69) is 48.3 Å². The first kappa shape index (κ1) is 17.8. The molecule has 1 amide bonds. The second-order valence-electron chi connectivity index (χ2n) is 8.17. The number of nitrogens with zero attached hydrogens (tertiary/aromatic N) is 1. The van der Waals surface area contributed by atoms with Crippen molar-refractivity contribution in [1.82, 2.24) is 10.2 Å². The zero-order chi connectivity index (χ0) is 17.1. The maximum Gasteiger partial charge on any atom is 0.407 e. The summed E-state index contributed by atoms with van der Waals surface area (Å²) in [6.07, 6.45) is 0.631. The Labute approximate surface area is 140 Å². The van der Waals surface area contributed by atoms with Gasteiger partial charge in [-0.2, -0.15) is 0 Å². The van der Waals surface area contributed by atoms with Gasteiger partial charge in [0.05, 0.1) is 0 Å². The van der Waals surface area contributed by atoms with Crippen LogP contribution in [0.1, 0.15) is 46.6 Å². The van der Waals surface area contributed by atoms with Crippen LogP contribution in [0.2, 0.25) is 0 Å². The van der Waals surface area contributed by atoms with Crippen molar-refractivity contribution in [2.45, 2.75) is 59.2 Å². The van der Waals surface area contributed by atoms with Gasteiger partial charge in [-0.15, -0.1) is 0 Å². The highest BCUT2D eigenvalue weighted by Gasteiger charge is 2.37. The Balaban J connectivity index is 1.91. The molecule has 1 aliphatic rings. The lowest BCUT2D eigenvalue weighted by atomic mass is 9.79. The number of carbonyl (C=O) groups excluding carboxylic acids is 1. The summed E-state index contributed by atoms with van der Waals surface area (Å²) in [5, 5.41) is 3.06. The Morgan fingerprint density at radius 3 is 2.52 bits per heavy atom. The molecule has 0 radical (unpaired) electrons. The fourth-order valence-electron chi connectivity index (χ4n) is 3.16. The molecule has 0 unspecified atom stereocenters. The Hall–Kier alpha value is -1.55. The Morgan fingerprint density at radius 2 is 1.96 bits per heavy atom. The van der Waals surface area contributed by atoms with E-state index in [0.29, 0.717) is 0 Å². The zero-order valence-electron chi connectivity index (χ0n) is 15.1. The molecule has 0 aromatic heterocycles. The second-order valence-corrected chi connectivity index (χ2v) is 8.17. The summed E-state index contributed by atoms with van der Waals surface area (Å²) in [5.41, 5.74) is 0.897. The number of hydrogen-bond acceptors (Lipinski definition) is 3. The van der Waals surface area contributed by atoms with Crippen molar-refractivity contribution in [3.63, 3.8) is 0 Å². The second kappa shape index (κ2) is 6.91. The third kappa shape index (κ3) is 5.54. The lowest BCUT2D eigenvalue weighted by Gasteiger charge is -2.44. The van der Waals surface area contributed by atoms with Crippen LogP contribution < -0.4 is 5.32 Å². The number of alkyl carbamates (subject to hydrolysis) is 1. The number of nitrogens with one attached hydrogen (secondary N) is 1. The molecule has 1 aliphatic heterocycles. The third-order valence-corrected chi connectivity index (χ3v) is 4.25. The molecule has 1 atom stereocenters. The number of piperidine rings is 1. The Morgan fingerprint density at radius 1 is 1.30 bits per heavy atom. The van der Waals surface area contributed by atoms with Crippen molar-refractivity contribution in [1.29, 1.82) is 0 Å². The molecule has 128 valence electrons. The van der Waals surface area contributed by atoms with Gasteiger partial charge in [0.2, 0.25) is 0 Å². The number of amides is 1. The van der Waals surface area contributed by atoms with Gasteiger partial charge in [0.15, 0.2) is 0 Å². The molecule has 0 bridgehead atoms. The molecule has 23 heavy (non-hydrogen) atoms. The van der Waals surface area contributed by atoms with Crippen LogP contribution >= 0.6 is 0 Å². The minimum atomic E-state index is -0.456. The summed E-state index contributed by atoms with van der Waals surface area (Å²) < 4.78 is 5.39. The van der Waals surface area contributed by atoms with Gasteiger partial charge in [0, 0.05) is 25.7 Å². The molecule has 1 fully saturated rings. The summed E-state index contributed by atoms with van der Waals surface area (Å²) in [6.45, 7) is 13.0. The molecular formula is C19H30N2O2. The van der Waals surface area contributed by atoms with Crippen LogP contribution in [0.25, 0.3) is 0 Å². The fraction of sp³-hybridized carbons (Fsp3) is 0.632. The third-order valence-electron chi connectivity index (χ3n) is 4.25. The number of carbonyl (C=O) groups is 1. The van der Waals surface area contributed by atoms with Crippen LogP contribution in [0.4, 0.5) is 4.79 Å². The van der Waals surface area contributed by atoms with Crippen molar-refractivity contribution in [2.24, 2.45) is 5.41 Å². The van der Waals surface area contributed by atoms with E-state index in [9.17, 15) is 4.79 Å². The first-order valence-corrected chi connectivity index (χ1v) is 8.41. The van der Waals surface area contributed by atoms with Gasteiger partial charge in [-0.1, -0.05) is 44.2 Å². The summed E-state index contributed by atoms with van der Waals surface area (Å²) in [4.78, 5) is 14.5.